The predicted molar refractivity (Wildman–Crippen MR) is 147 cm³/mol. The van der Waals surface area contributed by atoms with Crippen LogP contribution in [0.15, 0.2) is 72.9 Å². The van der Waals surface area contributed by atoms with Crippen LogP contribution in [0.5, 0.6) is 0 Å². The van der Waals surface area contributed by atoms with Crippen LogP contribution in [0, 0.1) is 26.6 Å². The van der Waals surface area contributed by atoms with Gasteiger partial charge in [0.1, 0.15) is 19.5 Å². The van der Waals surface area contributed by atoms with Gasteiger partial charge in [-0.05, 0) is 79.1 Å². The van der Waals surface area contributed by atoms with Gasteiger partial charge in [-0.15, -0.1) is 0 Å². The maximum Gasteiger partial charge on any atom is 0.128 e. The van der Waals surface area contributed by atoms with Crippen molar-refractivity contribution in [3.8, 4) is 5.69 Å². The van der Waals surface area contributed by atoms with Crippen LogP contribution in [-0.2, 0) is 5.41 Å². The zero-order chi connectivity index (χ0) is 25.2. The molecule has 0 aliphatic rings. The van der Waals surface area contributed by atoms with E-state index in [2.05, 4.69) is 88.6 Å². The molecule has 0 aliphatic heterocycles. The molecule has 1 heterocycles. The topological polar surface area (TPSA) is 17.8 Å². The number of hydrogen-bond acceptors (Lipinski definition) is 1. The summed E-state index contributed by atoms with van der Waals surface area (Å²) in [4.78, 5) is 5.21. The normalized spacial score (nSPS) is 11.9. The quantitative estimate of drug-likeness (QED) is 0.251. The van der Waals surface area contributed by atoms with Gasteiger partial charge in [-0.3, -0.25) is 4.57 Å². The van der Waals surface area contributed by atoms with Crippen molar-refractivity contribution in [1.29, 1.82) is 0 Å². The highest BCUT2D eigenvalue weighted by atomic mass is 19.1. The molecular weight excluding hydrogens is 430 g/mol. The first-order valence-corrected chi connectivity index (χ1v) is 12.8. The number of nitrogens with zero attached hydrogens (tertiary/aromatic N) is 2. The molecule has 0 aliphatic carbocycles. The van der Waals surface area contributed by atoms with Crippen LogP contribution in [0.3, 0.4) is 0 Å². The van der Waals surface area contributed by atoms with E-state index >= 15 is 0 Å². The Balaban J connectivity index is 2.18. The lowest BCUT2D eigenvalue weighted by atomic mass is 9.67. The maximum atomic E-state index is 14.2. The third-order valence-corrected chi connectivity index (χ3v) is 7.28. The molecule has 0 N–H and O–H groups in total. The standard InChI is InChI=1S/C31H36BFN2/c1-21(2)29-20-34-30(35(29)28-16-15-25(33)19-24(28)5)31(17-10-18-32,26-13-8-6-11-22(26)3)27-14-9-7-12-23(27)4/h6-9,11-16,19-21H,10,17-18,32H2,1-5H3. The van der Waals surface area contributed by atoms with Crippen LogP contribution in [-0.4, -0.2) is 17.4 Å². The van der Waals surface area contributed by atoms with Gasteiger partial charge in [-0.2, -0.15) is 0 Å². The van der Waals surface area contributed by atoms with Crippen molar-refractivity contribution < 1.29 is 4.39 Å². The highest BCUT2D eigenvalue weighted by Crippen LogP contribution is 2.47. The zero-order valence-electron chi connectivity index (χ0n) is 21.9. The van der Waals surface area contributed by atoms with Gasteiger partial charge in [0.25, 0.3) is 0 Å². The summed E-state index contributed by atoms with van der Waals surface area (Å²) in [5.74, 6) is 1.06. The van der Waals surface area contributed by atoms with Crippen molar-refractivity contribution in [3.05, 3.63) is 118 Å². The second kappa shape index (κ2) is 10.2. The SMILES string of the molecule is BCCCC(c1ccccc1C)(c1ccccc1C)c1ncc(C(C)C)n1-c1ccc(F)cc1C. The number of halogens is 1. The minimum Gasteiger partial charge on any atom is -0.299 e. The van der Waals surface area contributed by atoms with Gasteiger partial charge in [0.2, 0.25) is 0 Å². The largest absolute Gasteiger partial charge is 0.299 e. The van der Waals surface area contributed by atoms with Crippen LogP contribution in [0.1, 0.15) is 71.9 Å². The predicted octanol–water partition coefficient (Wildman–Crippen LogP) is 7.23. The van der Waals surface area contributed by atoms with Gasteiger partial charge in [0, 0.05) is 11.9 Å². The van der Waals surface area contributed by atoms with E-state index in [1.54, 1.807) is 12.1 Å². The molecule has 0 radical (unpaired) electrons. The Kier molecular flexibility index (Phi) is 7.30. The van der Waals surface area contributed by atoms with Gasteiger partial charge >= 0.3 is 0 Å². The van der Waals surface area contributed by atoms with Crippen molar-refractivity contribution in [2.45, 2.75) is 65.1 Å². The number of rotatable bonds is 8. The van der Waals surface area contributed by atoms with Crippen LogP contribution in [0.25, 0.3) is 5.69 Å². The van der Waals surface area contributed by atoms with E-state index in [-0.39, 0.29) is 11.7 Å². The molecule has 0 spiro atoms. The fourth-order valence-corrected chi connectivity index (χ4v) is 5.51. The summed E-state index contributed by atoms with van der Waals surface area (Å²) in [6.45, 7) is 10.8. The number of imidazole rings is 1. The van der Waals surface area contributed by atoms with E-state index in [1.165, 1.54) is 22.3 Å². The van der Waals surface area contributed by atoms with E-state index < -0.39 is 5.41 Å². The lowest BCUT2D eigenvalue weighted by Crippen LogP contribution is -2.35. The molecule has 4 aromatic rings. The van der Waals surface area contributed by atoms with Crippen molar-refractivity contribution in [1.82, 2.24) is 9.55 Å². The lowest BCUT2D eigenvalue weighted by molar-refractivity contribution is 0.502. The minimum absolute atomic E-state index is 0.214. The molecule has 0 amide bonds. The second-order valence-electron chi connectivity index (χ2n) is 10.1. The third-order valence-electron chi connectivity index (χ3n) is 7.28. The Morgan fingerprint density at radius 2 is 1.49 bits per heavy atom. The summed E-state index contributed by atoms with van der Waals surface area (Å²) in [7, 11) is 2.25. The number of hydrogen-bond donors (Lipinski definition) is 0. The minimum atomic E-state index is -0.444. The van der Waals surface area contributed by atoms with Crippen LogP contribution in [0.4, 0.5) is 4.39 Å². The molecule has 4 rings (SSSR count). The summed E-state index contributed by atoms with van der Waals surface area (Å²) < 4.78 is 16.5. The first kappa shape index (κ1) is 25.0. The molecule has 3 aromatic carbocycles. The van der Waals surface area contributed by atoms with Crippen LogP contribution < -0.4 is 0 Å². The van der Waals surface area contributed by atoms with E-state index in [9.17, 15) is 4.39 Å². The Bertz CT molecular complexity index is 1280. The van der Waals surface area contributed by atoms with Gasteiger partial charge in [-0.1, -0.05) is 75.1 Å². The Labute approximate surface area is 210 Å². The number of aryl methyl sites for hydroxylation is 3. The summed E-state index contributed by atoms with van der Waals surface area (Å²) in [6.07, 6.45) is 5.12. The molecule has 0 atom stereocenters. The van der Waals surface area contributed by atoms with E-state index in [4.69, 9.17) is 4.98 Å². The summed E-state index contributed by atoms with van der Waals surface area (Å²) in [5, 5.41) is 0. The van der Waals surface area contributed by atoms with Crippen LogP contribution >= 0.6 is 0 Å². The van der Waals surface area contributed by atoms with Gasteiger partial charge < -0.3 is 0 Å². The van der Waals surface area contributed by atoms with Crippen molar-refractivity contribution >= 4 is 7.85 Å². The van der Waals surface area contributed by atoms with E-state index in [0.29, 0.717) is 0 Å². The molecule has 0 saturated heterocycles. The first-order valence-electron chi connectivity index (χ1n) is 12.8. The molecule has 1 aromatic heterocycles. The molecule has 180 valence electrons. The molecule has 35 heavy (non-hydrogen) atoms. The highest BCUT2D eigenvalue weighted by molar-refractivity contribution is 6.08. The molecular formula is C31H36BFN2. The molecule has 0 unspecified atom stereocenters. The second-order valence-corrected chi connectivity index (χ2v) is 10.1. The monoisotopic (exact) mass is 466 g/mol. The lowest BCUT2D eigenvalue weighted by Gasteiger charge is -2.38. The molecule has 0 bridgehead atoms. The first-order chi connectivity index (χ1) is 16.8. The molecule has 0 saturated carbocycles. The molecule has 0 fully saturated rings. The Morgan fingerprint density at radius 3 is 2.00 bits per heavy atom. The van der Waals surface area contributed by atoms with Crippen molar-refractivity contribution in [3.63, 3.8) is 0 Å². The third kappa shape index (κ3) is 4.47. The Morgan fingerprint density at radius 1 is 0.886 bits per heavy atom. The summed E-state index contributed by atoms with van der Waals surface area (Å²) in [5.41, 5.74) is 7.66. The molecule has 4 heteroatoms. The van der Waals surface area contributed by atoms with Crippen molar-refractivity contribution in [2.24, 2.45) is 0 Å². The van der Waals surface area contributed by atoms with Crippen LogP contribution in [0.2, 0.25) is 6.32 Å². The highest BCUT2D eigenvalue weighted by Gasteiger charge is 2.42. The summed E-state index contributed by atoms with van der Waals surface area (Å²) in [6, 6.07) is 22.5. The fourth-order valence-electron chi connectivity index (χ4n) is 5.51. The number of benzene rings is 3. The fraction of sp³-hybridized carbons (Fsp3) is 0.323. The van der Waals surface area contributed by atoms with Gasteiger partial charge in [0.15, 0.2) is 0 Å². The van der Waals surface area contributed by atoms with E-state index in [0.717, 1.165) is 41.9 Å². The Hall–Kier alpha value is -3.14. The average Bonchev–Trinajstić information content (AvgIpc) is 3.27. The molecule has 2 nitrogen and oxygen atoms in total. The van der Waals surface area contributed by atoms with E-state index in [1.807, 2.05) is 19.2 Å². The van der Waals surface area contributed by atoms with Gasteiger partial charge in [-0.25, -0.2) is 9.37 Å². The summed E-state index contributed by atoms with van der Waals surface area (Å²) >= 11 is 0. The zero-order valence-corrected chi connectivity index (χ0v) is 21.9. The average molecular weight is 466 g/mol. The smallest absolute Gasteiger partial charge is 0.128 e. The number of aromatic nitrogens is 2. The maximum absolute atomic E-state index is 14.2. The van der Waals surface area contributed by atoms with Gasteiger partial charge in [0.05, 0.1) is 11.1 Å². The van der Waals surface area contributed by atoms with Crippen molar-refractivity contribution in [2.75, 3.05) is 0 Å².